The van der Waals surface area contributed by atoms with Gasteiger partial charge in [0.1, 0.15) is 11.3 Å². The molecule has 0 radical (unpaired) electrons. The Kier molecular flexibility index (Phi) is 6.62. The summed E-state index contributed by atoms with van der Waals surface area (Å²) in [7, 11) is 1.57. The maximum absolute atomic E-state index is 12.5. The number of carbonyl (C=O) groups is 1. The number of rotatable bonds is 5. The smallest absolute Gasteiger partial charge is 0.257 e. The number of amides is 1. The number of benzene rings is 3. The largest absolute Gasteiger partial charge is 0.497 e. The van der Waals surface area contributed by atoms with Crippen molar-refractivity contribution >= 4 is 51.6 Å². The molecule has 0 saturated carbocycles. The van der Waals surface area contributed by atoms with Gasteiger partial charge in [-0.25, -0.2) is 4.98 Å². The molecule has 8 heteroatoms. The molecule has 0 bridgehead atoms. The minimum Gasteiger partial charge on any atom is -0.497 e. The van der Waals surface area contributed by atoms with E-state index in [-0.39, 0.29) is 11.0 Å². The van der Waals surface area contributed by atoms with Gasteiger partial charge in [0.2, 0.25) is 5.89 Å². The Morgan fingerprint density at radius 1 is 1.09 bits per heavy atom. The molecule has 1 amide bonds. The number of halogens is 1. The molecule has 3 aromatic carbocycles. The second-order valence-electron chi connectivity index (χ2n) is 7.73. The van der Waals surface area contributed by atoms with Gasteiger partial charge >= 0.3 is 0 Å². The monoisotopic (exact) mass is 479 g/mol. The quantitative estimate of drug-likeness (QED) is 0.322. The van der Waals surface area contributed by atoms with Crippen molar-refractivity contribution in [2.45, 2.75) is 19.8 Å². The van der Waals surface area contributed by atoms with E-state index in [0.717, 1.165) is 11.1 Å². The molecule has 0 unspecified atom stereocenters. The van der Waals surface area contributed by atoms with Gasteiger partial charge in [0.05, 0.1) is 17.8 Å². The molecule has 0 aliphatic rings. The van der Waals surface area contributed by atoms with Gasteiger partial charge in [-0.3, -0.25) is 10.1 Å². The zero-order valence-corrected chi connectivity index (χ0v) is 19.9. The molecule has 6 nitrogen and oxygen atoms in total. The van der Waals surface area contributed by atoms with E-state index >= 15 is 0 Å². The molecule has 0 aliphatic carbocycles. The molecule has 1 aromatic heterocycles. The minimum absolute atomic E-state index is 0.119. The summed E-state index contributed by atoms with van der Waals surface area (Å²) in [6, 6.07) is 18.0. The molecule has 0 fully saturated rings. The number of hydrogen-bond donors (Lipinski definition) is 2. The standard InChI is InChI=1S/C25H22ClN3O3S/c1-14(2)16-7-11-22-21(12-16)27-24(32-22)17-6-10-19(26)20(13-17)28-25(33)29-23(30)15-4-8-18(31-3)9-5-15/h4-14H,1-3H3,(H2,28,29,30,33). The van der Waals surface area contributed by atoms with Gasteiger partial charge in [0, 0.05) is 11.1 Å². The lowest BCUT2D eigenvalue weighted by Gasteiger charge is -2.12. The molecule has 4 aromatic rings. The number of oxazole rings is 1. The topological polar surface area (TPSA) is 76.4 Å². The lowest BCUT2D eigenvalue weighted by molar-refractivity contribution is 0.0977. The molecule has 0 aliphatic heterocycles. The Morgan fingerprint density at radius 2 is 1.85 bits per heavy atom. The molecule has 1 heterocycles. The molecule has 0 saturated heterocycles. The summed E-state index contributed by atoms with van der Waals surface area (Å²) < 4.78 is 11.0. The number of thiocarbonyl (C=S) groups is 1. The fraction of sp³-hybridized carbons (Fsp3) is 0.160. The van der Waals surface area contributed by atoms with Crippen LogP contribution in [0.3, 0.4) is 0 Å². The van der Waals surface area contributed by atoms with Crippen LogP contribution < -0.4 is 15.4 Å². The number of methoxy groups -OCH3 is 1. The Bertz CT molecular complexity index is 1330. The van der Waals surface area contributed by atoms with E-state index in [1.807, 2.05) is 24.3 Å². The fourth-order valence-corrected chi connectivity index (χ4v) is 3.62. The van der Waals surface area contributed by atoms with E-state index in [1.54, 1.807) is 43.5 Å². The number of aromatic nitrogens is 1. The van der Waals surface area contributed by atoms with Crippen molar-refractivity contribution in [1.82, 2.24) is 10.3 Å². The maximum atomic E-state index is 12.5. The Balaban J connectivity index is 1.51. The van der Waals surface area contributed by atoms with Crippen molar-refractivity contribution in [3.63, 3.8) is 0 Å². The van der Waals surface area contributed by atoms with E-state index < -0.39 is 0 Å². The molecule has 0 spiro atoms. The fourth-order valence-electron chi connectivity index (χ4n) is 3.25. The lowest BCUT2D eigenvalue weighted by atomic mass is 10.0. The van der Waals surface area contributed by atoms with Gasteiger partial charge in [0.15, 0.2) is 10.7 Å². The van der Waals surface area contributed by atoms with Crippen LogP contribution in [0.25, 0.3) is 22.6 Å². The second kappa shape index (κ2) is 9.60. The van der Waals surface area contributed by atoms with Crippen LogP contribution in [0, 0.1) is 0 Å². The van der Waals surface area contributed by atoms with Crippen LogP contribution in [0.2, 0.25) is 5.02 Å². The van der Waals surface area contributed by atoms with Crippen molar-refractivity contribution < 1.29 is 13.9 Å². The molecule has 33 heavy (non-hydrogen) atoms. The summed E-state index contributed by atoms with van der Waals surface area (Å²) in [5.41, 5.74) is 4.41. The van der Waals surface area contributed by atoms with Crippen molar-refractivity contribution in [3.05, 3.63) is 76.8 Å². The normalized spacial score (nSPS) is 10.9. The molecule has 168 valence electrons. The van der Waals surface area contributed by atoms with Gasteiger partial charge < -0.3 is 14.5 Å². The summed E-state index contributed by atoms with van der Waals surface area (Å²) in [6.45, 7) is 4.27. The number of carbonyl (C=O) groups excluding carboxylic acids is 1. The van der Waals surface area contributed by atoms with Crippen molar-refractivity contribution in [1.29, 1.82) is 0 Å². The van der Waals surface area contributed by atoms with Crippen LogP contribution in [0.4, 0.5) is 5.69 Å². The third-order valence-electron chi connectivity index (χ3n) is 5.12. The summed E-state index contributed by atoms with van der Waals surface area (Å²) in [4.78, 5) is 17.1. The van der Waals surface area contributed by atoms with Gasteiger partial charge in [0.25, 0.3) is 5.91 Å². The lowest BCUT2D eigenvalue weighted by Crippen LogP contribution is -2.34. The first kappa shape index (κ1) is 22.8. The van der Waals surface area contributed by atoms with Gasteiger partial charge in [-0.05, 0) is 78.3 Å². The molecular formula is C25H22ClN3O3S. The molecule has 0 atom stereocenters. The van der Waals surface area contributed by atoms with Crippen molar-refractivity contribution in [3.8, 4) is 17.2 Å². The second-order valence-corrected chi connectivity index (χ2v) is 8.55. The van der Waals surface area contributed by atoms with Crippen LogP contribution in [-0.4, -0.2) is 23.1 Å². The Morgan fingerprint density at radius 3 is 2.55 bits per heavy atom. The third-order valence-corrected chi connectivity index (χ3v) is 5.65. The maximum Gasteiger partial charge on any atom is 0.257 e. The van der Waals surface area contributed by atoms with Crippen LogP contribution in [0.1, 0.15) is 35.7 Å². The van der Waals surface area contributed by atoms with E-state index in [0.29, 0.717) is 39.4 Å². The van der Waals surface area contributed by atoms with Gasteiger partial charge in [-0.15, -0.1) is 0 Å². The van der Waals surface area contributed by atoms with Crippen molar-refractivity contribution in [2.24, 2.45) is 0 Å². The highest BCUT2D eigenvalue weighted by Gasteiger charge is 2.14. The highest BCUT2D eigenvalue weighted by Crippen LogP contribution is 2.31. The zero-order chi connectivity index (χ0) is 23.5. The van der Waals surface area contributed by atoms with Crippen LogP contribution >= 0.6 is 23.8 Å². The first-order valence-corrected chi connectivity index (χ1v) is 11.1. The van der Waals surface area contributed by atoms with E-state index in [2.05, 4.69) is 29.5 Å². The Labute approximate surface area is 201 Å². The molecule has 4 rings (SSSR count). The summed E-state index contributed by atoms with van der Waals surface area (Å²) in [6.07, 6.45) is 0. The van der Waals surface area contributed by atoms with Crippen LogP contribution in [0.15, 0.2) is 65.1 Å². The molecule has 2 N–H and O–H groups in total. The highest BCUT2D eigenvalue weighted by molar-refractivity contribution is 7.80. The zero-order valence-electron chi connectivity index (χ0n) is 18.3. The summed E-state index contributed by atoms with van der Waals surface area (Å²) >= 11 is 11.7. The van der Waals surface area contributed by atoms with E-state index in [1.165, 1.54) is 5.56 Å². The number of ether oxygens (including phenoxy) is 1. The number of nitrogens with zero attached hydrogens (tertiary/aromatic N) is 1. The van der Waals surface area contributed by atoms with E-state index in [9.17, 15) is 4.79 Å². The average Bonchev–Trinajstić information content (AvgIpc) is 3.24. The average molecular weight is 480 g/mol. The first-order chi connectivity index (χ1) is 15.8. The SMILES string of the molecule is COc1ccc(C(=O)NC(=S)Nc2cc(-c3nc4cc(C(C)C)ccc4o3)ccc2Cl)cc1. The minimum atomic E-state index is -0.345. The van der Waals surface area contributed by atoms with Crippen LogP contribution in [0.5, 0.6) is 5.75 Å². The summed E-state index contributed by atoms with van der Waals surface area (Å²) in [5.74, 6) is 1.19. The highest BCUT2D eigenvalue weighted by atomic mass is 35.5. The number of nitrogens with one attached hydrogen (secondary N) is 2. The Hall–Kier alpha value is -3.42. The number of hydrogen-bond acceptors (Lipinski definition) is 5. The van der Waals surface area contributed by atoms with Gasteiger partial charge in [-0.2, -0.15) is 0 Å². The van der Waals surface area contributed by atoms with Crippen LogP contribution in [-0.2, 0) is 0 Å². The third kappa shape index (κ3) is 5.16. The first-order valence-electron chi connectivity index (χ1n) is 10.3. The predicted octanol–water partition coefficient (Wildman–Crippen LogP) is 6.41. The molecular weight excluding hydrogens is 458 g/mol. The van der Waals surface area contributed by atoms with Crippen molar-refractivity contribution in [2.75, 3.05) is 12.4 Å². The summed E-state index contributed by atoms with van der Waals surface area (Å²) in [5, 5.41) is 6.19. The van der Waals surface area contributed by atoms with Gasteiger partial charge in [-0.1, -0.05) is 31.5 Å². The predicted molar refractivity (Wildman–Crippen MR) is 135 cm³/mol. The van der Waals surface area contributed by atoms with E-state index in [4.69, 9.17) is 33.0 Å². The number of fused-ring (bicyclic) bond motifs is 1. The number of anilines is 1.